The van der Waals surface area contributed by atoms with E-state index in [2.05, 4.69) is 0 Å². The fraction of sp³-hybridized carbons (Fsp3) is 0.500. The lowest BCUT2D eigenvalue weighted by molar-refractivity contribution is 0.0767. The molecule has 19 heavy (non-hydrogen) atoms. The number of benzene rings is 1. The molecule has 0 radical (unpaired) electrons. The zero-order valence-electron chi connectivity index (χ0n) is 11.5. The van der Waals surface area contributed by atoms with E-state index in [0.29, 0.717) is 18.7 Å². The van der Waals surface area contributed by atoms with Gasteiger partial charge >= 0.3 is 0 Å². The second-order valence-corrected chi connectivity index (χ2v) is 4.61. The van der Waals surface area contributed by atoms with Crippen LogP contribution in [-0.4, -0.2) is 66.3 Å². The van der Waals surface area contributed by atoms with E-state index in [1.54, 1.807) is 19.2 Å². The van der Waals surface area contributed by atoms with E-state index in [0.717, 1.165) is 12.1 Å². The smallest absolute Gasteiger partial charge is 0.253 e. The van der Waals surface area contributed by atoms with Crippen molar-refractivity contribution in [2.75, 3.05) is 40.4 Å². The lowest BCUT2D eigenvalue weighted by atomic mass is 10.1. The monoisotopic (exact) mass is 266 g/mol. The Balaban J connectivity index is 2.63. The molecule has 1 amide bonds. The van der Waals surface area contributed by atoms with E-state index < -0.39 is 0 Å². The second-order valence-electron chi connectivity index (χ2n) is 4.61. The van der Waals surface area contributed by atoms with Crippen molar-refractivity contribution < 1.29 is 15.0 Å². The van der Waals surface area contributed by atoms with Crippen LogP contribution in [0.25, 0.3) is 0 Å². The highest BCUT2D eigenvalue weighted by Crippen LogP contribution is 2.08. The predicted molar refractivity (Wildman–Crippen MR) is 73.9 cm³/mol. The number of aliphatic hydroxyl groups is 2. The quantitative estimate of drug-likeness (QED) is 0.739. The predicted octanol–water partition coefficient (Wildman–Crippen LogP) is 0.175. The number of carbonyl (C=O) groups excluding carboxylic acids is 1. The molecule has 0 atom stereocenters. The molecule has 0 aliphatic heterocycles. The summed E-state index contributed by atoms with van der Waals surface area (Å²) in [6.45, 7) is 1.80. The SMILES string of the molecule is CN(CCO)Cc1ccc(C(=O)N(C)CCO)cc1. The van der Waals surface area contributed by atoms with E-state index in [9.17, 15) is 4.79 Å². The summed E-state index contributed by atoms with van der Waals surface area (Å²) in [4.78, 5) is 15.4. The molecule has 2 N–H and O–H groups in total. The lowest BCUT2D eigenvalue weighted by Crippen LogP contribution is -2.29. The van der Waals surface area contributed by atoms with Crippen molar-refractivity contribution in [1.29, 1.82) is 0 Å². The van der Waals surface area contributed by atoms with Crippen molar-refractivity contribution in [2.45, 2.75) is 6.54 Å². The summed E-state index contributed by atoms with van der Waals surface area (Å²) in [5.74, 6) is -0.0932. The van der Waals surface area contributed by atoms with E-state index in [-0.39, 0.29) is 19.1 Å². The van der Waals surface area contributed by atoms with Crippen LogP contribution in [0.15, 0.2) is 24.3 Å². The first-order valence-corrected chi connectivity index (χ1v) is 6.33. The van der Waals surface area contributed by atoms with Crippen LogP contribution in [0, 0.1) is 0 Å². The maximum atomic E-state index is 11.9. The average molecular weight is 266 g/mol. The summed E-state index contributed by atoms with van der Waals surface area (Å²) >= 11 is 0. The molecule has 1 aromatic carbocycles. The van der Waals surface area contributed by atoms with Crippen LogP contribution in [0.2, 0.25) is 0 Å². The standard InChI is InChI=1S/C14H22N2O3/c1-15(7-9-17)11-12-3-5-13(6-4-12)14(19)16(2)8-10-18/h3-6,17-18H,7-11H2,1-2H3. The minimum absolute atomic E-state index is 0.0354. The van der Waals surface area contributed by atoms with Crippen molar-refractivity contribution in [3.8, 4) is 0 Å². The number of aliphatic hydroxyl groups excluding tert-OH is 2. The molecule has 1 rings (SSSR count). The highest BCUT2D eigenvalue weighted by atomic mass is 16.3. The molecule has 0 saturated carbocycles. The van der Waals surface area contributed by atoms with Crippen LogP contribution in [0.4, 0.5) is 0 Å². The zero-order valence-corrected chi connectivity index (χ0v) is 11.5. The van der Waals surface area contributed by atoms with Crippen LogP contribution in [0.5, 0.6) is 0 Å². The number of hydrogen-bond acceptors (Lipinski definition) is 4. The summed E-state index contributed by atoms with van der Waals surface area (Å²) in [5.41, 5.74) is 1.71. The first kappa shape index (κ1) is 15.6. The number of likely N-dealkylation sites (N-methyl/N-ethyl adjacent to an activating group) is 2. The average Bonchev–Trinajstić information content (AvgIpc) is 2.39. The van der Waals surface area contributed by atoms with E-state index in [1.807, 2.05) is 24.1 Å². The third kappa shape index (κ3) is 4.98. The zero-order chi connectivity index (χ0) is 14.3. The lowest BCUT2D eigenvalue weighted by Gasteiger charge is -2.17. The fourth-order valence-corrected chi connectivity index (χ4v) is 1.79. The molecule has 5 nitrogen and oxygen atoms in total. The van der Waals surface area contributed by atoms with Gasteiger partial charge in [0.25, 0.3) is 5.91 Å². The molecule has 0 spiro atoms. The Hall–Kier alpha value is -1.43. The van der Waals surface area contributed by atoms with Gasteiger partial charge < -0.3 is 15.1 Å². The molecule has 0 heterocycles. The normalized spacial score (nSPS) is 10.8. The molecule has 0 aliphatic carbocycles. The van der Waals surface area contributed by atoms with E-state index in [4.69, 9.17) is 10.2 Å². The van der Waals surface area contributed by atoms with Gasteiger partial charge in [0.05, 0.1) is 13.2 Å². The van der Waals surface area contributed by atoms with Gasteiger partial charge in [-0.3, -0.25) is 9.69 Å². The molecular formula is C14H22N2O3. The summed E-state index contributed by atoms with van der Waals surface area (Å²) in [5, 5.41) is 17.6. The minimum Gasteiger partial charge on any atom is -0.395 e. The highest BCUT2D eigenvalue weighted by molar-refractivity contribution is 5.94. The molecule has 0 aliphatic rings. The van der Waals surface area contributed by atoms with Gasteiger partial charge in [0.2, 0.25) is 0 Å². The van der Waals surface area contributed by atoms with Crippen molar-refractivity contribution in [3.63, 3.8) is 0 Å². The maximum absolute atomic E-state index is 11.9. The molecule has 0 fully saturated rings. The molecule has 106 valence electrons. The van der Waals surface area contributed by atoms with Gasteiger partial charge in [-0.15, -0.1) is 0 Å². The van der Waals surface area contributed by atoms with Crippen LogP contribution < -0.4 is 0 Å². The molecule has 0 unspecified atom stereocenters. The number of amides is 1. The van der Waals surface area contributed by atoms with Crippen molar-refractivity contribution in [3.05, 3.63) is 35.4 Å². The Bertz CT molecular complexity index is 392. The Labute approximate surface area is 114 Å². The van der Waals surface area contributed by atoms with Gasteiger partial charge in [-0.1, -0.05) is 12.1 Å². The number of carbonyl (C=O) groups is 1. The van der Waals surface area contributed by atoms with Crippen molar-refractivity contribution in [1.82, 2.24) is 9.80 Å². The fourth-order valence-electron chi connectivity index (χ4n) is 1.79. The number of nitrogens with zero attached hydrogens (tertiary/aromatic N) is 2. The Morgan fingerprint density at radius 3 is 2.16 bits per heavy atom. The topological polar surface area (TPSA) is 64.0 Å². The van der Waals surface area contributed by atoms with E-state index >= 15 is 0 Å². The molecule has 0 aromatic heterocycles. The first-order chi connectivity index (χ1) is 9.08. The largest absolute Gasteiger partial charge is 0.395 e. The summed E-state index contributed by atoms with van der Waals surface area (Å²) in [6.07, 6.45) is 0. The van der Waals surface area contributed by atoms with Gasteiger partial charge in [0, 0.05) is 32.2 Å². The molecule has 1 aromatic rings. The van der Waals surface area contributed by atoms with Gasteiger partial charge in [0.15, 0.2) is 0 Å². The number of hydrogen-bond donors (Lipinski definition) is 2. The van der Waals surface area contributed by atoms with Gasteiger partial charge in [-0.2, -0.15) is 0 Å². The first-order valence-electron chi connectivity index (χ1n) is 6.33. The minimum atomic E-state index is -0.0932. The van der Waals surface area contributed by atoms with Gasteiger partial charge in [0.1, 0.15) is 0 Å². The van der Waals surface area contributed by atoms with Crippen molar-refractivity contribution >= 4 is 5.91 Å². The molecule has 5 heteroatoms. The van der Waals surface area contributed by atoms with E-state index in [1.165, 1.54) is 4.90 Å². The molecule has 0 saturated heterocycles. The van der Waals surface area contributed by atoms with Crippen LogP contribution in [0.3, 0.4) is 0 Å². The summed E-state index contributed by atoms with van der Waals surface area (Å²) < 4.78 is 0. The Morgan fingerprint density at radius 2 is 1.63 bits per heavy atom. The van der Waals surface area contributed by atoms with Gasteiger partial charge in [-0.05, 0) is 24.7 Å². The third-order valence-electron chi connectivity index (χ3n) is 2.92. The Morgan fingerprint density at radius 1 is 1.05 bits per heavy atom. The van der Waals surface area contributed by atoms with Crippen molar-refractivity contribution in [2.24, 2.45) is 0 Å². The number of rotatable bonds is 7. The molecule has 0 bridgehead atoms. The van der Waals surface area contributed by atoms with Crippen LogP contribution in [0.1, 0.15) is 15.9 Å². The maximum Gasteiger partial charge on any atom is 0.253 e. The molecular weight excluding hydrogens is 244 g/mol. The van der Waals surface area contributed by atoms with Crippen LogP contribution in [-0.2, 0) is 6.54 Å². The summed E-state index contributed by atoms with van der Waals surface area (Å²) in [6, 6.07) is 7.40. The van der Waals surface area contributed by atoms with Gasteiger partial charge in [-0.25, -0.2) is 0 Å². The summed E-state index contributed by atoms with van der Waals surface area (Å²) in [7, 11) is 3.60. The second kappa shape index (κ2) is 7.89. The highest BCUT2D eigenvalue weighted by Gasteiger charge is 2.10. The Kier molecular flexibility index (Phi) is 6.49. The van der Waals surface area contributed by atoms with Crippen LogP contribution >= 0.6 is 0 Å². The third-order valence-corrected chi connectivity index (χ3v) is 2.92.